The Bertz CT molecular complexity index is 463. The maximum atomic E-state index is 13.4. The zero-order valence-corrected chi connectivity index (χ0v) is 7.63. The lowest BCUT2D eigenvalue weighted by molar-refractivity contribution is 0.638. The molecule has 0 unspecified atom stereocenters. The van der Waals surface area contributed by atoms with Gasteiger partial charge in [-0.05, 0) is 43.2 Å². The predicted molar refractivity (Wildman–Crippen MR) is 51.2 cm³/mol. The Balaban J connectivity index is 2.97. The number of rotatable bonds is 0. The van der Waals surface area contributed by atoms with Crippen molar-refractivity contribution in [3.63, 3.8) is 0 Å². The molecule has 2 aromatic rings. The van der Waals surface area contributed by atoms with Crippen LogP contribution in [0.4, 0.5) is 4.39 Å². The third-order valence-electron chi connectivity index (χ3n) is 2.35. The van der Waals surface area contributed by atoms with Gasteiger partial charge in [0, 0.05) is 11.6 Å². The standard InChI is InChI=1S/C11H10FN/c1-7-6-10(12)9-4-3-5-13-11(9)8(7)2/h3-6H,1-2H3. The molecule has 0 fully saturated rings. The number of hydrogen-bond donors (Lipinski definition) is 0. The van der Waals surface area contributed by atoms with Crippen molar-refractivity contribution >= 4 is 10.9 Å². The monoisotopic (exact) mass is 175 g/mol. The Kier molecular flexibility index (Phi) is 1.76. The smallest absolute Gasteiger partial charge is 0.132 e. The van der Waals surface area contributed by atoms with Crippen molar-refractivity contribution in [1.82, 2.24) is 4.98 Å². The maximum Gasteiger partial charge on any atom is 0.132 e. The molecule has 0 radical (unpaired) electrons. The molecule has 0 aliphatic carbocycles. The molecule has 1 aromatic heterocycles. The van der Waals surface area contributed by atoms with Gasteiger partial charge in [-0.15, -0.1) is 0 Å². The van der Waals surface area contributed by atoms with Gasteiger partial charge in [-0.1, -0.05) is 0 Å². The van der Waals surface area contributed by atoms with Crippen LogP contribution in [0.5, 0.6) is 0 Å². The van der Waals surface area contributed by atoms with Crippen molar-refractivity contribution in [3.05, 3.63) is 41.3 Å². The van der Waals surface area contributed by atoms with Gasteiger partial charge in [-0.3, -0.25) is 4.98 Å². The van der Waals surface area contributed by atoms with Crippen LogP contribution in [0, 0.1) is 19.7 Å². The van der Waals surface area contributed by atoms with E-state index in [1.165, 1.54) is 0 Å². The normalized spacial score (nSPS) is 10.7. The van der Waals surface area contributed by atoms with E-state index in [1.54, 1.807) is 24.4 Å². The summed E-state index contributed by atoms with van der Waals surface area (Å²) in [5.74, 6) is -0.189. The zero-order valence-electron chi connectivity index (χ0n) is 7.63. The Hall–Kier alpha value is -1.44. The highest BCUT2D eigenvalue weighted by atomic mass is 19.1. The SMILES string of the molecule is Cc1cc(F)c2cccnc2c1C. The summed E-state index contributed by atoms with van der Waals surface area (Å²) in [6, 6.07) is 5.06. The second-order valence-electron chi connectivity index (χ2n) is 3.20. The van der Waals surface area contributed by atoms with E-state index in [0.717, 1.165) is 16.6 Å². The lowest BCUT2D eigenvalue weighted by Gasteiger charge is -2.05. The summed E-state index contributed by atoms with van der Waals surface area (Å²) >= 11 is 0. The lowest BCUT2D eigenvalue weighted by atomic mass is 10.1. The molecule has 0 aliphatic rings. The maximum absolute atomic E-state index is 13.4. The van der Waals surface area contributed by atoms with Gasteiger partial charge >= 0.3 is 0 Å². The fraction of sp³-hybridized carbons (Fsp3) is 0.182. The highest BCUT2D eigenvalue weighted by Crippen LogP contribution is 2.21. The minimum Gasteiger partial charge on any atom is -0.256 e. The largest absolute Gasteiger partial charge is 0.256 e. The average molecular weight is 175 g/mol. The van der Waals surface area contributed by atoms with E-state index in [2.05, 4.69) is 4.98 Å². The van der Waals surface area contributed by atoms with Crippen molar-refractivity contribution in [2.75, 3.05) is 0 Å². The van der Waals surface area contributed by atoms with E-state index in [0.29, 0.717) is 5.39 Å². The van der Waals surface area contributed by atoms with Gasteiger partial charge in [0.05, 0.1) is 5.52 Å². The van der Waals surface area contributed by atoms with E-state index in [1.807, 2.05) is 13.8 Å². The summed E-state index contributed by atoms with van der Waals surface area (Å²) in [5.41, 5.74) is 2.76. The Labute approximate surface area is 76.2 Å². The first-order valence-electron chi connectivity index (χ1n) is 4.20. The fourth-order valence-corrected chi connectivity index (χ4v) is 1.46. The van der Waals surface area contributed by atoms with Gasteiger partial charge < -0.3 is 0 Å². The molecule has 66 valence electrons. The molecule has 0 aliphatic heterocycles. The predicted octanol–water partition coefficient (Wildman–Crippen LogP) is 2.99. The van der Waals surface area contributed by atoms with E-state index < -0.39 is 0 Å². The van der Waals surface area contributed by atoms with Crippen LogP contribution in [0.2, 0.25) is 0 Å². The molecule has 0 saturated carbocycles. The van der Waals surface area contributed by atoms with Gasteiger partial charge in [-0.25, -0.2) is 4.39 Å². The molecule has 13 heavy (non-hydrogen) atoms. The van der Waals surface area contributed by atoms with Gasteiger partial charge in [-0.2, -0.15) is 0 Å². The average Bonchev–Trinajstić information content (AvgIpc) is 2.15. The molecule has 2 heteroatoms. The lowest BCUT2D eigenvalue weighted by Crippen LogP contribution is -1.90. The minimum atomic E-state index is -0.189. The van der Waals surface area contributed by atoms with Crippen LogP contribution in [0.15, 0.2) is 24.4 Å². The van der Waals surface area contributed by atoms with Crippen LogP contribution in [0.25, 0.3) is 10.9 Å². The summed E-state index contributed by atoms with van der Waals surface area (Å²) in [6.07, 6.45) is 1.69. The third kappa shape index (κ3) is 1.18. The van der Waals surface area contributed by atoms with Crippen molar-refractivity contribution in [1.29, 1.82) is 0 Å². The summed E-state index contributed by atoms with van der Waals surface area (Å²) in [4.78, 5) is 4.16. The summed E-state index contributed by atoms with van der Waals surface area (Å²) in [7, 11) is 0. The van der Waals surface area contributed by atoms with Crippen LogP contribution in [-0.4, -0.2) is 4.98 Å². The first kappa shape index (κ1) is 8.17. The van der Waals surface area contributed by atoms with Crippen molar-refractivity contribution < 1.29 is 4.39 Å². The molecule has 2 rings (SSSR count). The van der Waals surface area contributed by atoms with E-state index in [4.69, 9.17) is 0 Å². The second-order valence-corrected chi connectivity index (χ2v) is 3.20. The molecular weight excluding hydrogens is 165 g/mol. The number of aromatic nitrogens is 1. The second kappa shape index (κ2) is 2.80. The molecule has 0 saturated heterocycles. The molecular formula is C11H10FN. The topological polar surface area (TPSA) is 12.9 Å². The Morgan fingerprint density at radius 2 is 2.08 bits per heavy atom. The van der Waals surface area contributed by atoms with E-state index in [9.17, 15) is 4.39 Å². The van der Waals surface area contributed by atoms with Gasteiger partial charge in [0.15, 0.2) is 0 Å². The molecule has 0 spiro atoms. The number of pyridine rings is 1. The quantitative estimate of drug-likeness (QED) is 0.599. The van der Waals surface area contributed by atoms with E-state index >= 15 is 0 Å². The first-order chi connectivity index (χ1) is 6.20. The molecule has 1 nitrogen and oxygen atoms in total. The van der Waals surface area contributed by atoms with Crippen molar-refractivity contribution in [2.24, 2.45) is 0 Å². The Morgan fingerprint density at radius 1 is 1.31 bits per heavy atom. The number of benzene rings is 1. The van der Waals surface area contributed by atoms with E-state index in [-0.39, 0.29) is 5.82 Å². The first-order valence-corrected chi connectivity index (χ1v) is 4.20. The zero-order chi connectivity index (χ0) is 9.42. The number of fused-ring (bicyclic) bond motifs is 1. The van der Waals surface area contributed by atoms with Gasteiger partial charge in [0.1, 0.15) is 5.82 Å². The molecule has 1 heterocycles. The highest BCUT2D eigenvalue weighted by molar-refractivity contribution is 5.83. The number of halogens is 1. The van der Waals surface area contributed by atoms with Crippen LogP contribution in [0.1, 0.15) is 11.1 Å². The summed E-state index contributed by atoms with van der Waals surface area (Å²) < 4.78 is 13.4. The van der Waals surface area contributed by atoms with Gasteiger partial charge in [0.2, 0.25) is 0 Å². The minimum absolute atomic E-state index is 0.189. The molecule has 0 atom stereocenters. The number of aryl methyl sites for hydroxylation is 2. The van der Waals surface area contributed by atoms with Crippen LogP contribution < -0.4 is 0 Å². The molecule has 0 amide bonds. The van der Waals surface area contributed by atoms with Crippen molar-refractivity contribution in [3.8, 4) is 0 Å². The van der Waals surface area contributed by atoms with Crippen molar-refractivity contribution in [2.45, 2.75) is 13.8 Å². The number of hydrogen-bond acceptors (Lipinski definition) is 1. The Morgan fingerprint density at radius 3 is 2.85 bits per heavy atom. The number of nitrogens with zero attached hydrogens (tertiary/aromatic N) is 1. The van der Waals surface area contributed by atoms with Gasteiger partial charge in [0.25, 0.3) is 0 Å². The summed E-state index contributed by atoms with van der Waals surface area (Å²) in [6.45, 7) is 3.86. The summed E-state index contributed by atoms with van der Waals surface area (Å²) in [5, 5.41) is 0.602. The van der Waals surface area contributed by atoms with Crippen LogP contribution in [0.3, 0.4) is 0 Å². The highest BCUT2D eigenvalue weighted by Gasteiger charge is 2.05. The molecule has 1 aromatic carbocycles. The van der Waals surface area contributed by atoms with Crippen LogP contribution >= 0.6 is 0 Å². The fourth-order valence-electron chi connectivity index (χ4n) is 1.46. The van der Waals surface area contributed by atoms with Crippen LogP contribution in [-0.2, 0) is 0 Å². The molecule has 0 bridgehead atoms. The third-order valence-corrected chi connectivity index (χ3v) is 2.35. The molecule has 0 N–H and O–H groups in total.